The van der Waals surface area contributed by atoms with Gasteiger partial charge >= 0.3 is 0 Å². The molecule has 0 saturated carbocycles. The summed E-state index contributed by atoms with van der Waals surface area (Å²) < 4.78 is 32.8. The number of rotatable bonds is 10. The zero-order chi connectivity index (χ0) is 31.9. The summed E-state index contributed by atoms with van der Waals surface area (Å²) in [6.07, 6.45) is 2.81. The van der Waals surface area contributed by atoms with Gasteiger partial charge in [-0.2, -0.15) is 0 Å². The number of fused-ring (bicyclic) bond motifs is 2. The largest absolute Gasteiger partial charge is 0.504 e. The van der Waals surface area contributed by atoms with Crippen molar-refractivity contribution in [1.82, 2.24) is 0 Å². The number of methoxy groups -OCH3 is 3. The van der Waals surface area contributed by atoms with Gasteiger partial charge in [-0.1, -0.05) is 60.7 Å². The maximum Gasteiger partial charge on any atom is 0.288 e. The van der Waals surface area contributed by atoms with E-state index in [1.165, 1.54) is 5.56 Å². The minimum Gasteiger partial charge on any atom is -0.504 e. The van der Waals surface area contributed by atoms with Gasteiger partial charge in [0.15, 0.2) is 18.3 Å². The highest BCUT2D eigenvalue weighted by molar-refractivity contribution is 6.02. The van der Waals surface area contributed by atoms with E-state index in [1.54, 1.807) is 27.4 Å². The molecule has 0 fully saturated rings. The van der Waals surface area contributed by atoms with Gasteiger partial charge in [-0.05, 0) is 56.4 Å². The molecule has 2 heterocycles. The first-order valence-electron chi connectivity index (χ1n) is 14.7. The molecule has 0 amide bonds. The van der Waals surface area contributed by atoms with E-state index < -0.39 is 0 Å². The Kier molecular flexibility index (Phi) is 9.85. The minimum absolute atomic E-state index is 0.0419. The Labute approximate surface area is 262 Å². The second-order valence-corrected chi connectivity index (χ2v) is 10.5. The fraction of sp³-hybridized carbons (Fsp3) is 0.243. The SMILES string of the molecule is COc1oc2cc(O)c(OC)c(-c3ccccc3)c2c1C.COc1oc2ccc(OCO)c(CCCc3ccccc3)c2c1C. The molecular formula is C37H38O8. The average Bonchev–Trinajstić information content (AvgIpc) is 3.57. The Bertz CT molecular complexity index is 1870. The first-order valence-corrected chi connectivity index (χ1v) is 14.7. The molecule has 0 aliphatic rings. The Morgan fingerprint density at radius 3 is 1.93 bits per heavy atom. The highest BCUT2D eigenvalue weighted by Gasteiger charge is 2.22. The van der Waals surface area contributed by atoms with Crippen LogP contribution in [0.15, 0.2) is 87.7 Å². The van der Waals surface area contributed by atoms with Crippen molar-refractivity contribution in [1.29, 1.82) is 0 Å². The Morgan fingerprint density at radius 2 is 1.31 bits per heavy atom. The molecule has 2 aromatic heterocycles. The molecule has 2 N–H and O–H groups in total. The van der Waals surface area contributed by atoms with E-state index in [0.29, 0.717) is 29.0 Å². The summed E-state index contributed by atoms with van der Waals surface area (Å²) in [5.41, 5.74) is 7.32. The lowest BCUT2D eigenvalue weighted by atomic mass is 9.98. The van der Waals surface area contributed by atoms with Crippen LogP contribution in [0.3, 0.4) is 0 Å². The van der Waals surface area contributed by atoms with Crippen LogP contribution in [0.1, 0.15) is 28.7 Å². The van der Waals surface area contributed by atoms with E-state index in [0.717, 1.165) is 63.4 Å². The highest BCUT2D eigenvalue weighted by Crippen LogP contribution is 2.47. The molecular weight excluding hydrogens is 572 g/mol. The van der Waals surface area contributed by atoms with Crippen molar-refractivity contribution in [2.75, 3.05) is 28.1 Å². The molecule has 0 radical (unpaired) electrons. The monoisotopic (exact) mass is 610 g/mol. The van der Waals surface area contributed by atoms with Crippen molar-refractivity contribution in [3.63, 3.8) is 0 Å². The van der Waals surface area contributed by atoms with Crippen LogP contribution in [0.2, 0.25) is 0 Å². The molecule has 0 aliphatic carbocycles. The maximum atomic E-state index is 10.2. The molecule has 0 saturated heterocycles. The molecule has 0 bridgehead atoms. The van der Waals surface area contributed by atoms with Crippen molar-refractivity contribution in [3.8, 4) is 40.3 Å². The van der Waals surface area contributed by atoms with E-state index in [2.05, 4.69) is 24.3 Å². The van der Waals surface area contributed by atoms with Crippen LogP contribution in [-0.2, 0) is 12.8 Å². The lowest BCUT2D eigenvalue weighted by Crippen LogP contribution is -2.00. The number of phenolic OH excluding ortho intramolecular Hbond substituents is 1. The van der Waals surface area contributed by atoms with Crippen LogP contribution in [0.25, 0.3) is 33.1 Å². The van der Waals surface area contributed by atoms with Gasteiger partial charge in [0.05, 0.1) is 21.3 Å². The highest BCUT2D eigenvalue weighted by atomic mass is 16.6. The molecule has 4 aromatic carbocycles. The average molecular weight is 611 g/mol. The van der Waals surface area contributed by atoms with Crippen molar-refractivity contribution in [2.45, 2.75) is 33.1 Å². The van der Waals surface area contributed by atoms with Crippen molar-refractivity contribution < 1.29 is 38.0 Å². The number of furan rings is 2. The fourth-order valence-corrected chi connectivity index (χ4v) is 5.78. The minimum atomic E-state index is -0.342. The van der Waals surface area contributed by atoms with Crippen LogP contribution >= 0.6 is 0 Å². The molecule has 0 aliphatic heterocycles. The summed E-state index contributed by atoms with van der Waals surface area (Å²) in [5.74, 6) is 2.13. The van der Waals surface area contributed by atoms with Gasteiger partial charge in [-0.25, -0.2) is 0 Å². The lowest BCUT2D eigenvalue weighted by molar-refractivity contribution is 0.0977. The molecule has 234 valence electrons. The number of aromatic hydroxyl groups is 1. The summed E-state index contributed by atoms with van der Waals surface area (Å²) in [7, 11) is 4.70. The Morgan fingerprint density at radius 1 is 0.689 bits per heavy atom. The van der Waals surface area contributed by atoms with Crippen LogP contribution in [0, 0.1) is 13.8 Å². The molecule has 6 aromatic rings. The predicted molar refractivity (Wildman–Crippen MR) is 175 cm³/mol. The summed E-state index contributed by atoms with van der Waals surface area (Å²) in [6, 6.07) is 25.4. The number of hydrogen-bond acceptors (Lipinski definition) is 8. The lowest BCUT2D eigenvalue weighted by Gasteiger charge is -2.12. The number of phenols is 1. The number of aliphatic hydroxyl groups excluding tert-OH is 1. The standard InChI is InChI=1S/C20H22O4.C17H16O4/c1-14-19-16(10-6-9-15-7-4-3-5-8-15)17(23-13-21)11-12-18(19)24-20(14)22-2;1-10-14-13(21-17(10)20-3)9-12(18)16(19-2)15(14)11-7-5-4-6-8-11/h3-5,7-8,11-12,21H,6,9-10,13H2,1-2H3;4-9,18H,1-3H3. The van der Waals surface area contributed by atoms with E-state index in [1.807, 2.05) is 62.4 Å². The van der Waals surface area contributed by atoms with Gasteiger partial charge in [0, 0.05) is 39.1 Å². The second-order valence-electron chi connectivity index (χ2n) is 10.5. The number of aliphatic hydroxyl groups is 1. The van der Waals surface area contributed by atoms with E-state index in [9.17, 15) is 5.11 Å². The van der Waals surface area contributed by atoms with E-state index >= 15 is 0 Å². The van der Waals surface area contributed by atoms with Gasteiger partial charge in [-0.3, -0.25) is 0 Å². The second kappa shape index (κ2) is 14.1. The zero-order valence-corrected chi connectivity index (χ0v) is 26.2. The van der Waals surface area contributed by atoms with Crippen molar-refractivity contribution in [3.05, 3.63) is 101 Å². The summed E-state index contributed by atoms with van der Waals surface area (Å²) >= 11 is 0. The van der Waals surface area contributed by atoms with Crippen LogP contribution in [0.4, 0.5) is 0 Å². The third-order valence-electron chi connectivity index (χ3n) is 7.82. The van der Waals surface area contributed by atoms with Crippen LogP contribution < -0.4 is 18.9 Å². The van der Waals surface area contributed by atoms with Crippen molar-refractivity contribution >= 4 is 21.9 Å². The van der Waals surface area contributed by atoms with E-state index in [4.69, 9.17) is 32.9 Å². The zero-order valence-electron chi connectivity index (χ0n) is 26.2. The fourth-order valence-electron chi connectivity index (χ4n) is 5.78. The van der Waals surface area contributed by atoms with E-state index in [-0.39, 0.29) is 12.5 Å². The molecule has 0 unspecified atom stereocenters. The molecule has 8 nitrogen and oxygen atoms in total. The van der Waals surface area contributed by atoms with Gasteiger partial charge in [-0.15, -0.1) is 0 Å². The quantitative estimate of drug-likeness (QED) is 0.149. The van der Waals surface area contributed by atoms with Crippen molar-refractivity contribution in [2.24, 2.45) is 0 Å². The topological polar surface area (TPSA) is 104 Å². The van der Waals surface area contributed by atoms with Gasteiger partial charge in [0.1, 0.15) is 16.9 Å². The number of aryl methyl sites for hydroxylation is 4. The van der Waals surface area contributed by atoms with Gasteiger partial charge < -0.3 is 38.0 Å². The summed E-state index contributed by atoms with van der Waals surface area (Å²) in [6.45, 7) is 3.56. The molecule has 6 rings (SSSR count). The summed E-state index contributed by atoms with van der Waals surface area (Å²) in [4.78, 5) is 0. The number of ether oxygens (including phenoxy) is 4. The maximum absolute atomic E-state index is 10.2. The Hall–Kier alpha value is -5.08. The first-order chi connectivity index (χ1) is 21.9. The van der Waals surface area contributed by atoms with Gasteiger partial charge in [0.25, 0.3) is 11.9 Å². The van der Waals surface area contributed by atoms with Gasteiger partial charge in [0.2, 0.25) is 0 Å². The van der Waals surface area contributed by atoms with Crippen LogP contribution in [0.5, 0.6) is 29.1 Å². The third-order valence-corrected chi connectivity index (χ3v) is 7.82. The predicted octanol–water partition coefficient (Wildman–Crippen LogP) is 8.38. The molecule has 8 heteroatoms. The normalized spacial score (nSPS) is 10.9. The third kappa shape index (κ3) is 6.42. The summed E-state index contributed by atoms with van der Waals surface area (Å²) in [5, 5.41) is 21.3. The first kappa shape index (κ1) is 31.3. The molecule has 0 spiro atoms. The Balaban J connectivity index is 0.000000179. The number of hydrogen-bond donors (Lipinski definition) is 2. The van der Waals surface area contributed by atoms with Crippen LogP contribution in [-0.4, -0.2) is 38.3 Å². The smallest absolute Gasteiger partial charge is 0.288 e. The molecule has 45 heavy (non-hydrogen) atoms. The molecule has 0 atom stereocenters. The number of benzene rings is 4.